The van der Waals surface area contributed by atoms with E-state index in [4.69, 9.17) is 11.5 Å². The lowest BCUT2D eigenvalue weighted by atomic mass is 10.1. The van der Waals surface area contributed by atoms with Crippen molar-refractivity contribution in [3.8, 4) is 0 Å². The van der Waals surface area contributed by atoms with Crippen molar-refractivity contribution in [2.45, 2.75) is 18.9 Å². The van der Waals surface area contributed by atoms with Gasteiger partial charge in [-0.2, -0.15) is 0 Å². The summed E-state index contributed by atoms with van der Waals surface area (Å²) in [6.07, 6.45) is 2.43. The second-order valence-electron chi connectivity index (χ2n) is 4.94. The van der Waals surface area contributed by atoms with Crippen molar-refractivity contribution in [2.24, 2.45) is 5.73 Å². The quantitative estimate of drug-likeness (QED) is 0.734. The monoisotopic (exact) mass is 326 g/mol. The van der Waals surface area contributed by atoms with Crippen LogP contribution >= 0.6 is 15.9 Å². The van der Waals surface area contributed by atoms with E-state index in [1.165, 1.54) is 12.8 Å². The lowest BCUT2D eigenvalue weighted by Crippen LogP contribution is -2.31. The second-order valence-corrected chi connectivity index (χ2v) is 5.80. The molecule has 0 aliphatic carbocycles. The van der Waals surface area contributed by atoms with Gasteiger partial charge in [-0.1, -0.05) is 0 Å². The maximum atomic E-state index is 11.3. The van der Waals surface area contributed by atoms with E-state index in [9.17, 15) is 4.79 Å². The predicted molar refractivity (Wildman–Crippen MR) is 81.2 cm³/mol. The molecule has 0 bridgehead atoms. The van der Waals surface area contributed by atoms with Gasteiger partial charge in [0.1, 0.15) is 0 Å². The fourth-order valence-electron chi connectivity index (χ4n) is 2.40. The maximum Gasteiger partial charge on any atom is 0.250 e. The Morgan fingerprint density at radius 3 is 2.89 bits per heavy atom. The molecule has 1 heterocycles. The number of hydrogen-bond acceptors (Lipinski definition) is 4. The second kappa shape index (κ2) is 5.79. The number of likely N-dealkylation sites (tertiary alicyclic amines) is 1. The molecule has 1 aromatic carbocycles. The summed E-state index contributed by atoms with van der Waals surface area (Å²) < 4.78 is 0.843. The Hall–Kier alpha value is -1.27. The summed E-state index contributed by atoms with van der Waals surface area (Å²) in [5.41, 5.74) is 12.7. The largest absolute Gasteiger partial charge is 0.398 e. The van der Waals surface area contributed by atoms with Crippen LogP contribution in [0.15, 0.2) is 16.6 Å². The molecule has 5 N–H and O–H groups in total. The molecule has 1 saturated heterocycles. The van der Waals surface area contributed by atoms with E-state index in [1.54, 1.807) is 12.1 Å². The first kappa shape index (κ1) is 14.1. The van der Waals surface area contributed by atoms with E-state index in [2.05, 4.69) is 33.2 Å². The smallest absolute Gasteiger partial charge is 0.250 e. The zero-order valence-corrected chi connectivity index (χ0v) is 12.5. The topological polar surface area (TPSA) is 84.4 Å². The fraction of sp³-hybridized carbons (Fsp3) is 0.462. The normalized spacial score (nSPS) is 19.6. The van der Waals surface area contributed by atoms with Gasteiger partial charge in [0.2, 0.25) is 0 Å². The van der Waals surface area contributed by atoms with E-state index in [-0.39, 0.29) is 0 Å². The Labute approximate surface area is 121 Å². The molecule has 104 valence electrons. The molecule has 19 heavy (non-hydrogen) atoms. The van der Waals surface area contributed by atoms with Gasteiger partial charge < -0.3 is 21.7 Å². The molecule has 2 rings (SSSR count). The average molecular weight is 327 g/mol. The van der Waals surface area contributed by atoms with E-state index >= 15 is 0 Å². The number of hydrogen-bond donors (Lipinski definition) is 3. The molecule has 1 aliphatic heterocycles. The Kier molecular flexibility index (Phi) is 4.31. The lowest BCUT2D eigenvalue weighted by Gasteiger charge is -2.21. The Bertz CT molecular complexity index is 492. The fourth-order valence-corrected chi connectivity index (χ4v) is 2.90. The lowest BCUT2D eigenvalue weighted by molar-refractivity contribution is 0.100. The molecule has 1 unspecified atom stereocenters. The van der Waals surface area contributed by atoms with Crippen LogP contribution in [0, 0.1) is 0 Å². The zero-order chi connectivity index (χ0) is 14.0. The Balaban J connectivity index is 2.11. The molecule has 0 aromatic heterocycles. The molecule has 6 heteroatoms. The zero-order valence-electron chi connectivity index (χ0n) is 10.9. The van der Waals surface area contributed by atoms with Gasteiger partial charge in [-0.05, 0) is 54.5 Å². The van der Waals surface area contributed by atoms with Crippen molar-refractivity contribution >= 4 is 33.2 Å². The van der Waals surface area contributed by atoms with Gasteiger partial charge in [-0.15, -0.1) is 0 Å². The number of halogens is 1. The highest BCUT2D eigenvalue weighted by atomic mass is 79.9. The van der Waals surface area contributed by atoms with Crippen LogP contribution in [-0.2, 0) is 0 Å². The molecule has 1 aliphatic rings. The van der Waals surface area contributed by atoms with Crippen molar-refractivity contribution in [3.63, 3.8) is 0 Å². The summed E-state index contributed by atoms with van der Waals surface area (Å²) in [4.78, 5) is 13.6. The number of nitrogens with zero attached hydrogens (tertiary/aromatic N) is 1. The molecule has 1 fully saturated rings. The third-order valence-electron chi connectivity index (χ3n) is 3.60. The van der Waals surface area contributed by atoms with Crippen LogP contribution < -0.4 is 16.8 Å². The number of nitrogens with two attached hydrogens (primary N) is 2. The molecule has 1 aromatic rings. The number of carbonyl (C=O) groups excluding carboxylic acids is 1. The number of nitrogens with one attached hydrogen (secondary N) is 1. The van der Waals surface area contributed by atoms with E-state index < -0.39 is 5.91 Å². The summed E-state index contributed by atoms with van der Waals surface area (Å²) in [6, 6.07) is 3.94. The highest BCUT2D eigenvalue weighted by Crippen LogP contribution is 2.28. The number of likely N-dealkylation sites (N-methyl/N-ethyl adjacent to an activating group) is 1. The minimum atomic E-state index is -0.508. The van der Waals surface area contributed by atoms with Crippen molar-refractivity contribution in [1.82, 2.24) is 4.90 Å². The van der Waals surface area contributed by atoms with Gasteiger partial charge in [-0.3, -0.25) is 4.79 Å². The van der Waals surface area contributed by atoms with Crippen LogP contribution in [0.5, 0.6) is 0 Å². The first-order valence-electron chi connectivity index (χ1n) is 6.32. The summed E-state index contributed by atoms with van der Waals surface area (Å²) in [5, 5.41) is 3.36. The van der Waals surface area contributed by atoms with Gasteiger partial charge in [0, 0.05) is 28.4 Å². The molecular weight excluding hydrogens is 308 g/mol. The molecule has 0 spiro atoms. The molecule has 0 radical (unpaired) electrons. The van der Waals surface area contributed by atoms with Crippen molar-refractivity contribution in [1.29, 1.82) is 0 Å². The number of rotatable bonds is 4. The van der Waals surface area contributed by atoms with Gasteiger partial charge in [0.15, 0.2) is 0 Å². The SMILES string of the molecule is CN1CCCC1CNc1cc(C(N)=O)c(N)cc1Br. The average Bonchev–Trinajstić information content (AvgIpc) is 2.73. The Morgan fingerprint density at radius 2 is 2.32 bits per heavy atom. The molecule has 1 amide bonds. The number of nitrogen functional groups attached to an aromatic ring is 1. The standard InChI is InChI=1S/C13H19BrN4O/c1-18-4-2-3-8(18)7-17-12-5-9(13(16)19)11(15)6-10(12)14/h5-6,8,17H,2-4,7,15H2,1H3,(H2,16,19). The van der Waals surface area contributed by atoms with Crippen LogP contribution in [0.2, 0.25) is 0 Å². The third-order valence-corrected chi connectivity index (χ3v) is 4.26. The minimum absolute atomic E-state index is 0.352. The number of benzene rings is 1. The van der Waals surface area contributed by atoms with Gasteiger partial charge in [0.05, 0.1) is 5.56 Å². The van der Waals surface area contributed by atoms with Crippen molar-refractivity contribution < 1.29 is 4.79 Å². The first-order valence-corrected chi connectivity index (χ1v) is 7.11. The highest BCUT2D eigenvalue weighted by Gasteiger charge is 2.20. The van der Waals surface area contributed by atoms with E-state index in [0.29, 0.717) is 17.3 Å². The summed E-state index contributed by atoms with van der Waals surface area (Å²) in [6.45, 7) is 1.99. The van der Waals surface area contributed by atoms with Gasteiger partial charge in [-0.25, -0.2) is 0 Å². The molecule has 5 nitrogen and oxygen atoms in total. The number of amides is 1. The van der Waals surface area contributed by atoms with Crippen LogP contribution in [0.3, 0.4) is 0 Å². The van der Waals surface area contributed by atoms with Crippen LogP contribution in [0.25, 0.3) is 0 Å². The van der Waals surface area contributed by atoms with E-state index in [1.807, 2.05) is 0 Å². The number of primary amides is 1. The van der Waals surface area contributed by atoms with Gasteiger partial charge in [0.25, 0.3) is 5.91 Å². The maximum absolute atomic E-state index is 11.3. The number of anilines is 2. The van der Waals surface area contributed by atoms with E-state index in [0.717, 1.165) is 23.2 Å². The minimum Gasteiger partial charge on any atom is -0.398 e. The third kappa shape index (κ3) is 3.19. The van der Waals surface area contributed by atoms with Crippen molar-refractivity contribution in [3.05, 3.63) is 22.2 Å². The predicted octanol–water partition coefficient (Wildman–Crippen LogP) is 1.64. The summed E-state index contributed by atoms with van der Waals surface area (Å²) in [5.74, 6) is -0.508. The van der Waals surface area contributed by atoms with Gasteiger partial charge >= 0.3 is 0 Å². The van der Waals surface area contributed by atoms with Crippen LogP contribution in [0.1, 0.15) is 23.2 Å². The highest BCUT2D eigenvalue weighted by molar-refractivity contribution is 9.10. The molecule has 0 saturated carbocycles. The molecule has 1 atom stereocenters. The summed E-state index contributed by atoms with van der Waals surface area (Å²) in [7, 11) is 2.13. The Morgan fingerprint density at radius 1 is 1.58 bits per heavy atom. The molecular formula is C13H19BrN4O. The van der Waals surface area contributed by atoms with Crippen molar-refractivity contribution in [2.75, 3.05) is 31.2 Å². The van der Waals surface area contributed by atoms with Crippen LogP contribution in [0.4, 0.5) is 11.4 Å². The summed E-state index contributed by atoms with van der Waals surface area (Å²) >= 11 is 3.45. The first-order chi connectivity index (χ1) is 8.99. The number of carbonyl (C=O) groups is 1. The van der Waals surface area contributed by atoms with Crippen LogP contribution in [-0.4, -0.2) is 37.0 Å².